The minimum atomic E-state index is -0.0487. The van der Waals surface area contributed by atoms with Gasteiger partial charge in [0.2, 0.25) is 5.91 Å². The number of aromatic nitrogens is 1. The third-order valence-corrected chi connectivity index (χ3v) is 6.48. The maximum atomic E-state index is 13.1. The first-order valence-electron chi connectivity index (χ1n) is 8.78. The normalized spacial score (nSPS) is 11.0. The number of fused-ring (bicyclic) bond motifs is 1. The minimum absolute atomic E-state index is 0.0487. The molecule has 148 valence electrons. The number of halogens is 1. The number of ether oxygens (including phenoxy) is 1. The fourth-order valence-electron chi connectivity index (χ4n) is 2.71. The van der Waals surface area contributed by atoms with Gasteiger partial charge in [0.1, 0.15) is 11.5 Å². The van der Waals surface area contributed by atoms with Gasteiger partial charge in [-0.05, 0) is 54.6 Å². The van der Waals surface area contributed by atoms with E-state index in [1.54, 1.807) is 18.3 Å². The number of carbonyl (C=O) groups is 1. The molecule has 0 aliphatic heterocycles. The van der Waals surface area contributed by atoms with Crippen LogP contribution in [0.3, 0.4) is 0 Å². The van der Waals surface area contributed by atoms with Crippen LogP contribution in [-0.2, 0) is 11.3 Å². The summed E-state index contributed by atoms with van der Waals surface area (Å²) >= 11 is 8.85. The Bertz CT molecular complexity index is 1110. The van der Waals surface area contributed by atoms with Gasteiger partial charge in [-0.3, -0.25) is 9.69 Å². The Morgan fingerprint density at radius 2 is 2.07 bits per heavy atom. The number of hydrogen-bond donors (Lipinski definition) is 0. The van der Waals surface area contributed by atoms with Crippen molar-refractivity contribution in [1.82, 2.24) is 4.98 Å². The number of anilines is 1. The summed E-state index contributed by atoms with van der Waals surface area (Å²) in [5, 5.41) is 1.30. The largest absolute Gasteiger partial charge is 0.497 e. The average molecular weight is 445 g/mol. The Morgan fingerprint density at radius 3 is 2.79 bits per heavy atom. The first-order chi connectivity index (χ1) is 14.1. The molecule has 2 aromatic carbocycles. The predicted octanol–water partition coefficient (Wildman–Crippen LogP) is 5.88. The number of nitrogens with zero attached hydrogens (tertiary/aromatic N) is 2. The van der Waals surface area contributed by atoms with E-state index in [1.165, 1.54) is 23.1 Å². The average Bonchev–Trinajstić information content (AvgIpc) is 3.40. The predicted molar refractivity (Wildman–Crippen MR) is 118 cm³/mol. The van der Waals surface area contributed by atoms with E-state index in [0.717, 1.165) is 20.9 Å². The molecule has 0 aliphatic rings. The lowest BCUT2D eigenvalue weighted by molar-refractivity contribution is -0.116. The van der Waals surface area contributed by atoms with Crippen LogP contribution in [0.1, 0.15) is 5.76 Å². The first kappa shape index (κ1) is 19.8. The molecule has 0 bridgehead atoms. The van der Waals surface area contributed by atoms with E-state index < -0.39 is 0 Å². The maximum absolute atomic E-state index is 13.1. The molecule has 0 aliphatic carbocycles. The fraction of sp³-hybridized carbons (Fsp3) is 0.143. The molecule has 1 amide bonds. The Labute approximate surface area is 181 Å². The summed E-state index contributed by atoms with van der Waals surface area (Å²) in [7, 11) is 1.63. The van der Waals surface area contributed by atoms with Crippen LogP contribution >= 0.6 is 34.7 Å². The molecule has 4 aromatic rings. The van der Waals surface area contributed by atoms with Gasteiger partial charge in [-0.15, -0.1) is 11.8 Å². The number of thioether (sulfide) groups is 1. The van der Waals surface area contributed by atoms with Gasteiger partial charge in [-0.25, -0.2) is 4.98 Å². The fourth-order valence-corrected chi connectivity index (χ4v) is 4.62. The number of rotatable bonds is 7. The van der Waals surface area contributed by atoms with Crippen LogP contribution in [0.15, 0.2) is 70.2 Å². The molecule has 0 spiro atoms. The summed E-state index contributed by atoms with van der Waals surface area (Å²) in [6, 6.07) is 16.8. The second kappa shape index (κ2) is 8.90. The summed E-state index contributed by atoms with van der Waals surface area (Å²) < 4.78 is 11.7. The molecule has 0 saturated heterocycles. The van der Waals surface area contributed by atoms with Gasteiger partial charge in [0.25, 0.3) is 0 Å². The molecule has 0 saturated carbocycles. The van der Waals surface area contributed by atoms with E-state index in [0.29, 0.717) is 22.5 Å². The van der Waals surface area contributed by atoms with Gasteiger partial charge in [0.15, 0.2) is 5.13 Å². The standard InChI is InChI=1S/C21H17ClN2O3S2/c1-26-15-6-9-18-19(11-15)29-21(23-18)24(12-16-3-2-10-27-16)20(25)13-28-17-7-4-14(22)5-8-17/h2-11H,12-13H2,1H3. The number of thiazole rings is 1. The van der Waals surface area contributed by atoms with Crippen LogP contribution in [0.5, 0.6) is 5.75 Å². The van der Waals surface area contributed by atoms with Gasteiger partial charge in [-0.2, -0.15) is 0 Å². The lowest BCUT2D eigenvalue weighted by Gasteiger charge is -2.18. The molecule has 0 unspecified atom stereocenters. The summed E-state index contributed by atoms with van der Waals surface area (Å²) in [6.45, 7) is 0.323. The number of carbonyl (C=O) groups excluding carboxylic acids is 1. The Morgan fingerprint density at radius 1 is 1.24 bits per heavy atom. The lowest BCUT2D eigenvalue weighted by atomic mass is 10.3. The van der Waals surface area contributed by atoms with Crippen LogP contribution in [-0.4, -0.2) is 23.8 Å². The van der Waals surface area contributed by atoms with Crippen molar-refractivity contribution in [1.29, 1.82) is 0 Å². The molecule has 29 heavy (non-hydrogen) atoms. The molecular formula is C21H17ClN2O3S2. The molecule has 0 N–H and O–H groups in total. The highest BCUT2D eigenvalue weighted by Gasteiger charge is 2.21. The van der Waals surface area contributed by atoms with Crippen molar-refractivity contribution >= 4 is 56.0 Å². The van der Waals surface area contributed by atoms with Crippen LogP contribution in [0.25, 0.3) is 10.2 Å². The second-order valence-corrected chi connectivity index (χ2v) is 8.63. The molecule has 0 radical (unpaired) electrons. The zero-order valence-corrected chi connectivity index (χ0v) is 17.9. The van der Waals surface area contributed by atoms with Gasteiger partial charge in [0, 0.05) is 9.92 Å². The number of methoxy groups -OCH3 is 1. The number of hydrogen-bond acceptors (Lipinski definition) is 6. The van der Waals surface area contributed by atoms with Crippen molar-refractivity contribution in [3.05, 3.63) is 71.6 Å². The van der Waals surface area contributed by atoms with E-state index in [2.05, 4.69) is 4.98 Å². The summed E-state index contributed by atoms with van der Waals surface area (Å²) in [6.07, 6.45) is 1.60. The number of furan rings is 1. The third kappa shape index (κ3) is 4.75. The van der Waals surface area contributed by atoms with E-state index in [4.69, 9.17) is 20.8 Å². The molecule has 2 aromatic heterocycles. The Hall–Kier alpha value is -2.48. The van der Waals surface area contributed by atoms with Gasteiger partial charge < -0.3 is 9.15 Å². The van der Waals surface area contributed by atoms with Gasteiger partial charge >= 0.3 is 0 Å². The molecule has 5 nitrogen and oxygen atoms in total. The quantitative estimate of drug-likeness (QED) is 0.333. The Kier molecular flexibility index (Phi) is 6.08. The minimum Gasteiger partial charge on any atom is -0.497 e. The van der Waals surface area contributed by atoms with Crippen molar-refractivity contribution in [2.75, 3.05) is 17.8 Å². The first-order valence-corrected chi connectivity index (χ1v) is 11.0. The van der Waals surface area contributed by atoms with E-state index in [-0.39, 0.29) is 11.7 Å². The molecule has 0 fully saturated rings. The lowest BCUT2D eigenvalue weighted by Crippen LogP contribution is -2.31. The molecule has 2 heterocycles. The number of benzene rings is 2. The van der Waals surface area contributed by atoms with E-state index in [9.17, 15) is 4.79 Å². The highest BCUT2D eigenvalue weighted by molar-refractivity contribution is 8.00. The van der Waals surface area contributed by atoms with Crippen molar-refractivity contribution in [2.24, 2.45) is 0 Å². The van der Waals surface area contributed by atoms with Crippen LogP contribution in [0.4, 0.5) is 5.13 Å². The van der Waals surface area contributed by atoms with Crippen LogP contribution in [0.2, 0.25) is 5.02 Å². The van der Waals surface area contributed by atoms with Gasteiger partial charge in [0.05, 0.1) is 35.9 Å². The molecular weight excluding hydrogens is 428 g/mol. The SMILES string of the molecule is COc1ccc2nc(N(Cc3ccco3)C(=O)CSc3ccc(Cl)cc3)sc2c1. The van der Waals surface area contributed by atoms with Crippen molar-refractivity contribution in [2.45, 2.75) is 11.4 Å². The maximum Gasteiger partial charge on any atom is 0.239 e. The zero-order chi connectivity index (χ0) is 20.2. The summed E-state index contributed by atoms with van der Waals surface area (Å²) in [5.74, 6) is 1.69. The molecule has 4 rings (SSSR count). The summed E-state index contributed by atoms with van der Waals surface area (Å²) in [5.41, 5.74) is 0.827. The smallest absolute Gasteiger partial charge is 0.239 e. The van der Waals surface area contributed by atoms with E-state index >= 15 is 0 Å². The molecule has 8 heteroatoms. The Balaban J connectivity index is 1.58. The monoisotopic (exact) mass is 444 g/mol. The van der Waals surface area contributed by atoms with Crippen LogP contribution < -0.4 is 9.64 Å². The zero-order valence-electron chi connectivity index (χ0n) is 15.5. The number of amides is 1. The van der Waals surface area contributed by atoms with Crippen molar-refractivity contribution in [3.8, 4) is 5.75 Å². The van der Waals surface area contributed by atoms with Gasteiger partial charge in [-0.1, -0.05) is 22.9 Å². The highest BCUT2D eigenvalue weighted by Crippen LogP contribution is 2.33. The van der Waals surface area contributed by atoms with Crippen molar-refractivity contribution in [3.63, 3.8) is 0 Å². The van der Waals surface area contributed by atoms with E-state index in [1.807, 2.05) is 54.6 Å². The third-order valence-electron chi connectivity index (χ3n) is 4.19. The topological polar surface area (TPSA) is 55.6 Å². The van der Waals surface area contributed by atoms with Crippen LogP contribution in [0, 0.1) is 0 Å². The second-order valence-electron chi connectivity index (χ2n) is 6.13. The van der Waals surface area contributed by atoms with Crippen molar-refractivity contribution < 1.29 is 13.9 Å². The highest BCUT2D eigenvalue weighted by atomic mass is 35.5. The molecule has 0 atom stereocenters. The summed E-state index contributed by atoms with van der Waals surface area (Å²) in [4.78, 5) is 20.4.